The number of hydrogen-bond donors (Lipinski definition) is 0. The average Bonchev–Trinajstić information content (AvgIpc) is 2.86. The minimum Gasteiger partial charge on any atom is -0.303 e. The molecule has 1 aliphatic heterocycles. The molecule has 0 saturated carbocycles. The highest BCUT2D eigenvalue weighted by Crippen LogP contribution is 2.36. The van der Waals surface area contributed by atoms with Crippen molar-refractivity contribution in [2.45, 2.75) is 6.42 Å². The molecular weight excluding hydrogens is 304 g/mol. The van der Waals surface area contributed by atoms with E-state index in [9.17, 15) is 9.59 Å². The van der Waals surface area contributed by atoms with Gasteiger partial charge in [0.15, 0.2) is 5.78 Å². The Bertz CT molecular complexity index is 637. The first-order valence-electron chi connectivity index (χ1n) is 5.00. The molecule has 4 nitrogen and oxygen atoms in total. The summed E-state index contributed by atoms with van der Waals surface area (Å²) in [6, 6.07) is 3.69. The molecule has 0 atom stereocenters. The van der Waals surface area contributed by atoms with Gasteiger partial charge in [-0.3, -0.25) is 9.59 Å². The van der Waals surface area contributed by atoms with Gasteiger partial charge in [-0.15, -0.1) is 11.3 Å². The van der Waals surface area contributed by atoms with Gasteiger partial charge in [0.1, 0.15) is 0 Å². The number of aromatic nitrogens is 1. The van der Waals surface area contributed by atoms with Gasteiger partial charge in [0.2, 0.25) is 5.91 Å². The monoisotopic (exact) mass is 310 g/mol. The Morgan fingerprint density at radius 2 is 2.18 bits per heavy atom. The van der Waals surface area contributed by atoms with E-state index >= 15 is 0 Å². The van der Waals surface area contributed by atoms with Crippen LogP contribution in [-0.4, -0.2) is 23.2 Å². The summed E-state index contributed by atoms with van der Waals surface area (Å²) in [5.41, 5.74) is 3.40. The molecule has 1 aromatic carbocycles. The fourth-order valence-corrected chi connectivity index (χ4v) is 3.45. The summed E-state index contributed by atoms with van der Waals surface area (Å²) in [5, 5.41) is 0. The molecule has 1 amide bonds. The smallest absolute Gasteiger partial charge is 0.234 e. The van der Waals surface area contributed by atoms with Gasteiger partial charge in [-0.1, -0.05) is 0 Å². The van der Waals surface area contributed by atoms with Crippen molar-refractivity contribution in [1.29, 1.82) is 0 Å². The zero-order chi connectivity index (χ0) is 12.0. The Morgan fingerprint density at radius 3 is 2.88 bits per heavy atom. The van der Waals surface area contributed by atoms with Gasteiger partial charge in [-0.2, -0.15) is 0 Å². The Morgan fingerprint density at radius 1 is 1.35 bits per heavy atom. The van der Waals surface area contributed by atoms with Crippen LogP contribution in [0.1, 0.15) is 6.42 Å². The molecule has 1 fully saturated rings. The number of carbonyl (C=O) groups excluding carboxylic acids is 2. The van der Waals surface area contributed by atoms with Crippen molar-refractivity contribution in [3.63, 3.8) is 0 Å². The Hall–Kier alpha value is -1.27. The van der Waals surface area contributed by atoms with E-state index in [1.54, 1.807) is 5.51 Å². The summed E-state index contributed by atoms with van der Waals surface area (Å²) in [5.74, 6) is -0.175. The quantitative estimate of drug-likeness (QED) is 0.760. The molecule has 0 radical (unpaired) electrons. The van der Waals surface area contributed by atoms with Gasteiger partial charge in [-0.05, 0) is 28.1 Å². The summed E-state index contributed by atoms with van der Waals surface area (Å²) in [7, 11) is 0. The lowest BCUT2D eigenvalue weighted by Gasteiger charge is -2.16. The maximum Gasteiger partial charge on any atom is 0.234 e. The Balaban J connectivity index is 2.14. The zero-order valence-electron chi connectivity index (χ0n) is 8.64. The van der Waals surface area contributed by atoms with Crippen LogP contribution in [0.2, 0.25) is 0 Å². The summed E-state index contributed by atoms with van der Waals surface area (Å²) in [4.78, 5) is 28.7. The lowest BCUT2D eigenvalue weighted by Crippen LogP contribution is -2.24. The first-order valence-corrected chi connectivity index (χ1v) is 6.68. The lowest BCUT2D eigenvalue weighted by molar-refractivity contribution is -0.121. The molecule has 3 rings (SSSR count). The summed E-state index contributed by atoms with van der Waals surface area (Å²) in [6.07, 6.45) is 0.00711. The third kappa shape index (κ3) is 1.68. The van der Waals surface area contributed by atoms with Crippen molar-refractivity contribution in [2.24, 2.45) is 0 Å². The van der Waals surface area contributed by atoms with Crippen LogP contribution in [0.3, 0.4) is 0 Å². The number of benzene rings is 1. The number of thiazole rings is 1. The van der Waals surface area contributed by atoms with Crippen LogP contribution < -0.4 is 4.90 Å². The van der Waals surface area contributed by atoms with Gasteiger partial charge < -0.3 is 4.90 Å². The van der Waals surface area contributed by atoms with E-state index < -0.39 is 0 Å². The van der Waals surface area contributed by atoms with Crippen LogP contribution in [-0.2, 0) is 9.59 Å². The second-order valence-corrected chi connectivity index (χ2v) is 5.44. The number of Topliss-reactive ketones (excluding diaryl/α,β-unsaturated/α-hetero) is 1. The number of fused-ring (bicyclic) bond motifs is 1. The van der Waals surface area contributed by atoms with Gasteiger partial charge in [0, 0.05) is 0 Å². The standard InChI is InChI=1S/C11H7BrN2O2S/c12-10-8(14-4-6(15)3-9(14)16)2-1-7-11(10)17-5-13-7/h1-2,5H,3-4H2. The fraction of sp³-hybridized carbons (Fsp3) is 0.182. The second-order valence-electron chi connectivity index (χ2n) is 3.79. The molecule has 17 heavy (non-hydrogen) atoms. The number of hydrogen-bond acceptors (Lipinski definition) is 4. The van der Waals surface area contributed by atoms with E-state index in [1.807, 2.05) is 12.1 Å². The molecule has 0 N–H and O–H groups in total. The third-order valence-corrected chi connectivity index (χ3v) is 4.62. The third-order valence-electron chi connectivity index (χ3n) is 2.69. The number of carbonyl (C=O) groups is 2. The van der Waals surface area contributed by atoms with Gasteiger partial charge >= 0.3 is 0 Å². The average molecular weight is 311 g/mol. The first kappa shape index (κ1) is 10.9. The predicted octanol–water partition coefficient (Wildman–Crippen LogP) is 2.36. The maximum atomic E-state index is 11.7. The number of amides is 1. The SMILES string of the molecule is O=C1CC(=O)N(c2ccc3ncsc3c2Br)C1. The van der Waals surface area contributed by atoms with Crippen molar-refractivity contribution in [2.75, 3.05) is 11.4 Å². The highest BCUT2D eigenvalue weighted by Gasteiger charge is 2.30. The molecule has 0 bridgehead atoms. The van der Waals surface area contributed by atoms with Crippen molar-refractivity contribution < 1.29 is 9.59 Å². The number of halogens is 1. The Labute approximate surface area is 109 Å². The predicted molar refractivity (Wildman–Crippen MR) is 69.3 cm³/mol. The fourth-order valence-electron chi connectivity index (χ4n) is 1.90. The summed E-state index contributed by atoms with van der Waals surface area (Å²) >= 11 is 4.99. The van der Waals surface area contributed by atoms with Crippen molar-refractivity contribution in [3.8, 4) is 0 Å². The van der Waals surface area contributed by atoms with Gasteiger partial charge in [0.25, 0.3) is 0 Å². The molecular formula is C11H7BrN2O2S. The number of ketones is 1. The largest absolute Gasteiger partial charge is 0.303 e. The highest BCUT2D eigenvalue weighted by molar-refractivity contribution is 9.10. The Kier molecular flexibility index (Phi) is 2.48. The van der Waals surface area contributed by atoms with Crippen molar-refractivity contribution in [3.05, 3.63) is 22.1 Å². The number of anilines is 1. The van der Waals surface area contributed by atoms with E-state index in [0.717, 1.165) is 20.4 Å². The molecule has 6 heteroatoms. The zero-order valence-corrected chi connectivity index (χ0v) is 11.0. The van der Waals surface area contributed by atoms with Crippen LogP contribution in [0, 0.1) is 0 Å². The van der Waals surface area contributed by atoms with Gasteiger partial charge in [-0.25, -0.2) is 4.98 Å². The van der Waals surface area contributed by atoms with E-state index in [2.05, 4.69) is 20.9 Å². The number of rotatable bonds is 1. The van der Waals surface area contributed by atoms with Crippen LogP contribution in [0.15, 0.2) is 22.1 Å². The molecule has 2 aromatic rings. The summed E-state index contributed by atoms with van der Waals surface area (Å²) in [6.45, 7) is 0.168. The first-order chi connectivity index (χ1) is 8.16. The molecule has 1 aromatic heterocycles. The highest BCUT2D eigenvalue weighted by atomic mass is 79.9. The van der Waals surface area contributed by atoms with E-state index in [4.69, 9.17) is 0 Å². The topological polar surface area (TPSA) is 50.3 Å². The molecule has 0 unspecified atom stereocenters. The molecule has 1 saturated heterocycles. The van der Waals surface area contributed by atoms with E-state index in [1.165, 1.54) is 16.2 Å². The lowest BCUT2D eigenvalue weighted by atomic mass is 10.3. The van der Waals surface area contributed by atoms with Crippen LogP contribution >= 0.6 is 27.3 Å². The van der Waals surface area contributed by atoms with E-state index in [-0.39, 0.29) is 24.7 Å². The normalized spacial score (nSPS) is 16.2. The molecule has 2 heterocycles. The van der Waals surface area contributed by atoms with Crippen LogP contribution in [0.5, 0.6) is 0 Å². The van der Waals surface area contributed by atoms with Crippen LogP contribution in [0.25, 0.3) is 10.2 Å². The van der Waals surface area contributed by atoms with Crippen molar-refractivity contribution in [1.82, 2.24) is 4.98 Å². The molecule has 1 aliphatic rings. The molecule has 0 aliphatic carbocycles. The number of nitrogens with zero attached hydrogens (tertiary/aromatic N) is 2. The van der Waals surface area contributed by atoms with Crippen molar-refractivity contribution >= 4 is 54.9 Å². The molecule has 86 valence electrons. The van der Waals surface area contributed by atoms with E-state index in [0.29, 0.717) is 0 Å². The summed E-state index contributed by atoms with van der Waals surface area (Å²) < 4.78 is 1.83. The minimum absolute atomic E-state index is 0.00711. The van der Waals surface area contributed by atoms with Crippen LogP contribution in [0.4, 0.5) is 5.69 Å². The van der Waals surface area contributed by atoms with Gasteiger partial charge in [0.05, 0.1) is 38.9 Å². The second kappa shape index (κ2) is 3.89. The minimum atomic E-state index is -0.139. The maximum absolute atomic E-state index is 11.7. The molecule has 0 spiro atoms.